The standard InChI is InChI=1S/C29H21ClN2O6S/c30-19-13-15-20(16-14-19)32-39(37,38)24-12-6-11-23(25(24)28(35)36)31-29(17-18-7-2-1-3-8-18)26(33)21-9-4-5-10-22(21)27(29)34/h1-16,31-32H,17H2,(H,35,36). The minimum absolute atomic E-state index is 0.0841. The van der Waals surface area contributed by atoms with E-state index in [1.807, 2.05) is 0 Å². The molecule has 0 fully saturated rings. The molecule has 0 saturated heterocycles. The molecule has 0 atom stereocenters. The third-order valence-electron chi connectivity index (χ3n) is 6.48. The fourth-order valence-electron chi connectivity index (χ4n) is 4.70. The Hall–Kier alpha value is -4.47. The number of carboxylic acids is 1. The fourth-order valence-corrected chi connectivity index (χ4v) is 6.11. The molecule has 4 aromatic rings. The van der Waals surface area contributed by atoms with E-state index in [0.717, 1.165) is 6.07 Å². The van der Waals surface area contributed by atoms with Crippen LogP contribution in [-0.4, -0.2) is 36.6 Å². The summed E-state index contributed by atoms with van der Waals surface area (Å²) in [5, 5.41) is 13.4. The van der Waals surface area contributed by atoms with Crippen molar-refractivity contribution in [3.8, 4) is 0 Å². The van der Waals surface area contributed by atoms with Crippen molar-refractivity contribution in [3.05, 3.63) is 124 Å². The van der Waals surface area contributed by atoms with Gasteiger partial charge in [0.25, 0.3) is 10.0 Å². The predicted octanol–water partition coefficient (Wildman–Crippen LogP) is 5.31. The number of sulfonamides is 1. The third-order valence-corrected chi connectivity index (χ3v) is 8.15. The summed E-state index contributed by atoms with van der Waals surface area (Å²) in [7, 11) is -4.40. The number of carbonyl (C=O) groups excluding carboxylic acids is 2. The Morgan fingerprint density at radius 2 is 1.38 bits per heavy atom. The summed E-state index contributed by atoms with van der Waals surface area (Å²) in [6.45, 7) is 0. The van der Waals surface area contributed by atoms with Crippen LogP contribution in [0.1, 0.15) is 36.6 Å². The second-order valence-electron chi connectivity index (χ2n) is 8.99. The normalized spacial score (nSPS) is 14.1. The highest BCUT2D eigenvalue weighted by atomic mass is 35.5. The van der Waals surface area contributed by atoms with Crippen LogP contribution in [0.25, 0.3) is 0 Å². The molecule has 3 N–H and O–H groups in total. The van der Waals surface area contributed by atoms with Gasteiger partial charge in [-0.25, -0.2) is 13.2 Å². The van der Waals surface area contributed by atoms with E-state index in [4.69, 9.17) is 11.6 Å². The number of hydrogen-bond acceptors (Lipinski definition) is 6. The largest absolute Gasteiger partial charge is 0.478 e. The molecule has 0 unspecified atom stereocenters. The molecule has 0 saturated carbocycles. The average Bonchev–Trinajstić information content (AvgIpc) is 3.12. The first kappa shape index (κ1) is 26.1. The lowest BCUT2D eigenvalue weighted by atomic mass is 9.85. The Balaban J connectivity index is 1.63. The molecule has 0 radical (unpaired) electrons. The van der Waals surface area contributed by atoms with Crippen molar-refractivity contribution in [3.63, 3.8) is 0 Å². The molecule has 0 heterocycles. The van der Waals surface area contributed by atoms with Crippen molar-refractivity contribution < 1.29 is 27.9 Å². The van der Waals surface area contributed by atoms with Crippen LogP contribution in [0.4, 0.5) is 11.4 Å². The highest BCUT2D eigenvalue weighted by Gasteiger charge is 2.53. The number of rotatable bonds is 8. The molecule has 196 valence electrons. The topological polar surface area (TPSA) is 130 Å². The highest BCUT2D eigenvalue weighted by molar-refractivity contribution is 7.92. The third kappa shape index (κ3) is 4.78. The maximum absolute atomic E-state index is 13.8. The summed E-state index contributed by atoms with van der Waals surface area (Å²) >= 11 is 5.88. The van der Waals surface area contributed by atoms with E-state index < -0.39 is 43.6 Å². The van der Waals surface area contributed by atoms with Crippen LogP contribution >= 0.6 is 11.6 Å². The van der Waals surface area contributed by atoms with Crippen molar-refractivity contribution in [2.24, 2.45) is 0 Å². The van der Waals surface area contributed by atoms with Gasteiger partial charge in [-0.2, -0.15) is 0 Å². The molecule has 1 aliphatic carbocycles. The van der Waals surface area contributed by atoms with Crippen LogP contribution in [0.2, 0.25) is 5.02 Å². The number of ketones is 2. The molecular weight excluding hydrogens is 540 g/mol. The smallest absolute Gasteiger partial charge is 0.339 e. The van der Waals surface area contributed by atoms with E-state index in [9.17, 15) is 27.9 Å². The van der Waals surface area contributed by atoms with Gasteiger partial charge in [0.05, 0.1) is 5.69 Å². The van der Waals surface area contributed by atoms with E-state index in [-0.39, 0.29) is 28.9 Å². The highest BCUT2D eigenvalue weighted by Crippen LogP contribution is 2.37. The van der Waals surface area contributed by atoms with Gasteiger partial charge < -0.3 is 10.4 Å². The zero-order valence-electron chi connectivity index (χ0n) is 20.2. The van der Waals surface area contributed by atoms with E-state index >= 15 is 0 Å². The number of hydrogen-bond donors (Lipinski definition) is 3. The summed E-state index contributed by atoms with van der Waals surface area (Å²) < 4.78 is 29.0. The Morgan fingerprint density at radius 3 is 1.97 bits per heavy atom. The zero-order valence-corrected chi connectivity index (χ0v) is 21.8. The van der Waals surface area contributed by atoms with Crippen molar-refractivity contribution in [2.75, 3.05) is 10.0 Å². The second kappa shape index (κ2) is 10.0. The van der Waals surface area contributed by atoms with E-state index in [2.05, 4.69) is 10.0 Å². The molecule has 8 nitrogen and oxygen atoms in total. The number of nitrogens with one attached hydrogen (secondary N) is 2. The van der Waals surface area contributed by atoms with Crippen molar-refractivity contribution in [1.29, 1.82) is 0 Å². The lowest BCUT2D eigenvalue weighted by Gasteiger charge is -2.30. The van der Waals surface area contributed by atoms with Crippen LogP contribution < -0.4 is 10.0 Å². The molecule has 10 heteroatoms. The van der Waals surface area contributed by atoms with Crippen molar-refractivity contribution in [2.45, 2.75) is 16.9 Å². The number of benzene rings is 4. The van der Waals surface area contributed by atoms with Crippen LogP contribution in [0, 0.1) is 0 Å². The Labute approximate surface area is 229 Å². The van der Waals surface area contributed by atoms with Crippen molar-refractivity contribution >= 4 is 50.5 Å². The number of aromatic carboxylic acids is 1. The average molecular weight is 561 g/mol. The van der Waals surface area contributed by atoms with Gasteiger partial charge in [-0.15, -0.1) is 0 Å². The predicted molar refractivity (Wildman–Crippen MR) is 147 cm³/mol. The first-order valence-corrected chi connectivity index (χ1v) is 13.6. The maximum Gasteiger partial charge on any atom is 0.339 e. The number of fused-ring (bicyclic) bond motifs is 1. The summed E-state index contributed by atoms with van der Waals surface area (Å²) in [4.78, 5) is 39.5. The molecule has 0 aromatic heterocycles. The zero-order chi connectivity index (χ0) is 27.8. The first-order chi connectivity index (χ1) is 18.6. The molecule has 1 aliphatic rings. The number of anilines is 2. The summed E-state index contributed by atoms with van der Waals surface area (Å²) in [5.41, 5.74) is -1.45. The van der Waals surface area contributed by atoms with Gasteiger partial charge in [0.1, 0.15) is 10.5 Å². The van der Waals surface area contributed by atoms with Gasteiger partial charge in [0, 0.05) is 28.3 Å². The first-order valence-electron chi connectivity index (χ1n) is 11.8. The van der Waals surface area contributed by atoms with Crippen LogP contribution in [-0.2, 0) is 16.4 Å². The summed E-state index contributed by atoms with van der Waals surface area (Å²) in [6.07, 6.45) is -0.0841. The monoisotopic (exact) mass is 560 g/mol. The molecule has 0 aliphatic heterocycles. The Morgan fingerprint density at radius 1 is 0.795 bits per heavy atom. The van der Waals surface area contributed by atoms with E-state index in [1.54, 1.807) is 54.6 Å². The molecule has 39 heavy (non-hydrogen) atoms. The quantitative estimate of drug-likeness (QED) is 0.249. The minimum atomic E-state index is -4.40. The van der Waals surface area contributed by atoms with Gasteiger partial charge in [-0.3, -0.25) is 14.3 Å². The molecule has 0 amide bonds. The number of Topliss-reactive ketones (excluding diaryl/α,β-unsaturated/α-hetero) is 2. The van der Waals surface area contributed by atoms with Crippen molar-refractivity contribution in [1.82, 2.24) is 0 Å². The van der Waals surface area contributed by atoms with E-state index in [0.29, 0.717) is 10.6 Å². The molecule has 0 bridgehead atoms. The van der Waals surface area contributed by atoms with Crippen LogP contribution in [0.15, 0.2) is 102 Å². The van der Waals surface area contributed by atoms with E-state index in [1.165, 1.54) is 36.4 Å². The van der Waals surface area contributed by atoms with Gasteiger partial charge in [0.15, 0.2) is 17.1 Å². The Kier molecular flexibility index (Phi) is 6.71. The van der Waals surface area contributed by atoms with Gasteiger partial charge in [-0.1, -0.05) is 72.3 Å². The summed E-state index contributed by atoms with van der Waals surface area (Å²) in [6, 6.07) is 24.8. The second-order valence-corrected chi connectivity index (χ2v) is 11.1. The number of carbonyl (C=O) groups is 3. The lowest BCUT2D eigenvalue weighted by molar-refractivity contribution is 0.0690. The Bertz CT molecular complexity index is 1690. The SMILES string of the molecule is O=C(O)c1c(NC2(Cc3ccccc3)C(=O)c3ccccc3C2=O)cccc1S(=O)(=O)Nc1ccc(Cl)cc1. The molecule has 0 spiro atoms. The van der Waals surface area contributed by atoms with Crippen LogP contribution in [0.3, 0.4) is 0 Å². The van der Waals surface area contributed by atoms with Gasteiger partial charge >= 0.3 is 5.97 Å². The fraction of sp³-hybridized carbons (Fsp3) is 0.0690. The van der Waals surface area contributed by atoms with Gasteiger partial charge in [-0.05, 0) is 42.0 Å². The molecule has 4 aromatic carbocycles. The molecule has 5 rings (SSSR count). The number of halogens is 1. The lowest BCUT2D eigenvalue weighted by Crippen LogP contribution is -2.51. The number of carboxylic acid groups (broad SMARTS) is 1. The van der Waals surface area contributed by atoms with Gasteiger partial charge in [0.2, 0.25) is 0 Å². The maximum atomic E-state index is 13.8. The minimum Gasteiger partial charge on any atom is -0.478 e. The van der Waals surface area contributed by atoms with Crippen LogP contribution in [0.5, 0.6) is 0 Å². The molecular formula is C29H21ClN2O6S. The summed E-state index contributed by atoms with van der Waals surface area (Å²) in [5.74, 6) is -2.62.